The highest BCUT2D eigenvalue weighted by atomic mass is 35.5. The molecule has 0 amide bonds. The summed E-state index contributed by atoms with van der Waals surface area (Å²) in [5.41, 5.74) is 9.06. The first kappa shape index (κ1) is 13.1. The van der Waals surface area contributed by atoms with E-state index in [4.69, 9.17) is 22.1 Å². The van der Waals surface area contributed by atoms with Gasteiger partial charge in [0.25, 0.3) is 0 Å². The molecule has 3 rings (SSSR count). The van der Waals surface area contributed by atoms with E-state index >= 15 is 0 Å². The molecule has 0 saturated heterocycles. The summed E-state index contributed by atoms with van der Waals surface area (Å²) >= 11 is 5.93. The van der Waals surface area contributed by atoms with Gasteiger partial charge in [0.1, 0.15) is 17.5 Å². The van der Waals surface area contributed by atoms with Crippen molar-refractivity contribution in [3.63, 3.8) is 0 Å². The molecule has 0 aliphatic carbocycles. The Labute approximate surface area is 123 Å². The lowest BCUT2D eigenvalue weighted by Gasteiger charge is -2.35. The van der Waals surface area contributed by atoms with E-state index in [-0.39, 0.29) is 6.10 Å². The first-order valence-electron chi connectivity index (χ1n) is 6.68. The molecule has 1 heterocycles. The van der Waals surface area contributed by atoms with Gasteiger partial charge >= 0.3 is 0 Å². The van der Waals surface area contributed by atoms with Gasteiger partial charge in [0, 0.05) is 11.6 Å². The third-order valence-corrected chi connectivity index (χ3v) is 3.69. The smallest absolute Gasteiger partial charge is 0.145 e. The number of hydrogen-bond donors (Lipinski definition) is 1. The fraction of sp³-hybridized carbons (Fsp3) is 0.250. The molecule has 0 aromatic heterocycles. The number of anilines is 2. The van der Waals surface area contributed by atoms with Crippen LogP contribution in [0.5, 0.6) is 5.75 Å². The molecule has 0 saturated carbocycles. The van der Waals surface area contributed by atoms with E-state index in [0.29, 0.717) is 0 Å². The van der Waals surface area contributed by atoms with Gasteiger partial charge in [0.05, 0.1) is 12.2 Å². The minimum Gasteiger partial charge on any atom is -0.487 e. The molecule has 0 radical (unpaired) electrons. The van der Waals surface area contributed by atoms with Crippen LogP contribution in [0.15, 0.2) is 42.5 Å². The molecular formula is C16H17ClN2O. The van der Waals surface area contributed by atoms with E-state index < -0.39 is 0 Å². The molecule has 0 spiro atoms. The Morgan fingerprint density at radius 1 is 1.25 bits per heavy atom. The molecule has 1 aliphatic rings. The molecule has 0 fully saturated rings. The zero-order chi connectivity index (χ0) is 14.1. The lowest BCUT2D eigenvalue weighted by molar-refractivity contribution is 0.212. The zero-order valence-corrected chi connectivity index (χ0v) is 12.1. The van der Waals surface area contributed by atoms with Gasteiger partial charge in [-0.3, -0.25) is 0 Å². The molecule has 2 aromatic carbocycles. The number of fused-ring (bicyclic) bond motifs is 1. The molecule has 1 atom stereocenters. The highest BCUT2D eigenvalue weighted by Gasteiger charge is 2.24. The number of nitrogens with two attached hydrogens (primary N) is 1. The van der Waals surface area contributed by atoms with Crippen molar-refractivity contribution in [2.24, 2.45) is 0 Å². The summed E-state index contributed by atoms with van der Waals surface area (Å²) in [5, 5.41) is 0.754. The van der Waals surface area contributed by atoms with E-state index in [2.05, 4.69) is 11.8 Å². The number of para-hydroxylation sites is 1. The van der Waals surface area contributed by atoms with Crippen LogP contribution in [-0.4, -0.2) is 12.6 Å². The topological polar surface area (TPSA) is 38.5 Å². The SMILES string of the molecule is CC1CN(Cc2ccc(Cl)cc2)c2c(N)cccc2O1. The molecule has 4 heteroatoms. The minimum absolute atomic E-state index is 0.150. The van der Waals surface area contributed by atoms with Gasteiger partial charge in [-0.15, -0.1) is 0 Å². The Hall–Kier alpha value is -1.87. The van der Waals surface area contributed by atoms with E-state index in [0.717, 1.165) is 35.2 Å². The van der Waals surface area contributed by atoms with Crippen molar-refractivity contribution in [3.05, 3.63) is 53.1 Å². The highest BCUT2D eigenvalue weighted by Crippen LogP contribution is 2.38. The fourth-order valence-corrected chi connectivity index (χ4v) is 2.71. The Balaban J connectivity index is 1.92. The Morgan fingerprint density at radius 3 is 2.75 bits per heavy atom. The van der Waals surface area contributed by atoms with Gasteiger partial charge in [-0.25, -0.2) is 0 Å². The van der Waals surface area contributed by atoms with Crippen LogP contribution in [0.25, 0.3) is 0 Å². The van der Waals surface area contributed by atoms with Crippen LogP contribution in [0.1, 0.15) is 12.5 Å². The molecular weight excluding hydrogens is 272 g/mol. The lowest BCUT2D eigenvalue weighted by atomic mass is 10.1. The van der Waals surface area contributed by atoms with Crippen molar-refractivity contribution in [1.29, 1.82) is 0 Å². The zero-order valence-electron chi connectivity index (χ0n) is 11.3. The van der Waals surface area contributed by atoms with Crippen LogP contribution in [-0.2, 0) is 6.54 Å². The normalized spacial score (nSPS) is 17.5. The van der Waals surface area contributed by atoms with Gasteiger partial charge < -0.3 is 15.4 Å². The maximum absolute atomic E-state index is 6.11. The summed E-state index contributed by atoms with van der Waals surface area (Å²) in [5.74, 6) is 0.859. The number of ether oxygens (including phenoxy) is 1. The van der Waals surface area contributed by atoms with Crippen LogP contribution >= 0.6 is 11.6 Å². The summed E-state index contributed by atoms with van der Waals surface area (Å²) in [4.78, 5) is 2.27. The van der Waals surface area contributed by atoms with Crippen LogP contribution < -0.4 is 15.4 Å². The van der Waals surface area contributed by atoms with Crippen molar-refractivity contribution in [3.8, 4) is 5.75 Å². The predicted octanol–water partition coefficient (Wildman–Crippen LogP) is 3.71. The van der Waals surface area contributed by atoms with Gasteiger partial charge in [-0.05, 0) is 36.8 Å². The largest absolute Gasteiger partial charge is 0.487 e. The Bertz CT molecular complexity index is 612. The third kappa shape index (κ3) is 2.54. The standard InChI is InChI=1S/C16H17ClN2O/c1-11-9-19(10-12-5-7-13(17)8-6-12)16-14(18)3-2-4-15(16)20-11/h2-8,11H,9-10,18H2,1H3. The monoisotopic (exact) mass is 288 g/mol. The second kappa shape index (κ2) is 5.25. The van der Waals surface area contributed by atoms with E-state index in [1.807, 2.05) is 42.5 Å². The van der Waals surface area contributed by atoms with E-state index in [1.165, 1.54) is 5.56 Å². The highest BCUT2D eigenvalue weighted by molar-refractivity contribution is 6.30. The third-order valence-electron chi connectivity index (χ3n) is 3.44. The molecule has 1 unspecified atom stereocenters. The van der Waals surface area contributed by atoms with Crippen LogP contribution in [0.4, 0.5) is 11.4 Å². The number of benzene rings is 2. The average molecular weight is 289 g/mol. The number of nitrogen functional groups attached to an aromatic ring is 1. The van der Waals surface area contributed by atoms with Crippen molar-refractivity contribution in [2.45, 2.75) is 19.6 Å². The molecule has 2 N–H and O–H groups in total. The summed E-state index contributed by atoms with van der Waals surface area (Å²) in [6.45, 7) is 3.69. The lowest BCUT2D eigenvalue weighted by Crippen LogP contribution is -2.38. The van der Waals surface area contributed by atoms with Crippen LogP contribution in [0.2, 0.25) is 5.02 Å². The Morgan fingerprint density at radius 2 is 2.00 bits per heavy atom. The first-order valence-corrected chi connectivity index (χ1v) is 7.06. The molecule has 2 aromatic rings. The van der Waals surface area contributed by atoms with Gasteiger partial charge in [0.2, 0.25) is 0 Å². The number of rotatable bonds is 2. The second-order valence-corrected chi connectivity index (χ2v) is 5.57. The number of halogens is 1. The minimum atomic E-state index is 0.150. The quantitative estimate of drug-likeness (QED) is 0.856. The molecule has 104 valence electrons. The van der Waals surface area contributed by atoms with Gasteiger partial charge in [0.15, 0.2) is 0 Å². The van der Waals surface area contributed by atoms with Crippen molar-refractivity contribution < 1.29 is 4.74 Å². The maximum atomic E-state index is 6.11. The number of hydrogen-bond acceptors (Lipinski definition) is 3. The van der Waals surface area contributed by atoms with Crippen molar-refractivity contribution in [1.82, 2.24) is 0 Å². The summed E-state index contributed by atoms with van der Waals surface area (Å²) in [7, 11) is 0. The first-order chi connectivity index (χ1) is 9.63. The molecule has 20 heavy (non-hydrogen) atoms. The summed E-state index contributed by atoms with van der Waals surface area (Å²) in [6.07, 6.45) is 0.150. The average Bonchev–Trinajstić information content (AvgIpc) is 2.41. The second-order valence-electron chi connectivity index (χ2n) is 5.13. The van der Waals surface area contributed by atoms with E-state index in [1.54, 1.807) is 0 Å². The number of nitrogens with zero attached hydrogens (tertiary/aromatic N) is 1. The summed E-state index contributed by atoms with van der Waals surface area (Å²) < 4.78 is 5.86. The molecule has 3 nitrogen and oxygen atoms in total. The van der Waals surface area contributed by atoms with Gasteiger partial charge in [-0.2, -0.15) is 0 Å². The molecule has 0 bridgehead atoms. The van der Waals surface area contributed by atoms with Crippen molar-refractivity contribution >= 4 is 23.0 Å². The fourth-order valence-electron chi connectivity index (χ4n) is 2.58. The summed E-state index contributed by atoms with van der Waals surface area (Å²) in [6, 6.07) is 13.7. The van der Waals surface area contributed by atoms with Crippen LogP contribution in [0.3, 0.4) is 0 Å². The maximum Gasteiger partial charge on any atom is 0.145 e. The van der Waals surface area contributed by atoms with Crippen molar-refractivity contribution in [2.75, 3.05) is 17.2 Å². The molecule has 1 aliphatic heterocycles. The van der Waals surface area contributed by atoms with Crippen LogP contribution in [0, 0.1) is 0 Å². The predicted molar refractivity (Wildman–Crippen MR) is 83.4 cm³/mol. The van der Waals surface area contributed by atoms with E-state index in [9.17, 15) is 0 Å². The Kier molecular flexibility index (Phi) is 3.45. The van der Waals surface area contributed by atoms with Gasteiger partial charge in [-0.1, -0.05) is 29.8 Å².